The molecule has 1 amide bonds. The van der Waals surface area contributed by atoms with E-state index in [1.165, 1.54) is 0 Å². The van der Waals surface area contributed by atoms with Gasteiger partial charge in [-0.25, -0.2) is 0 Å². The molecule has 0 aliphatic rings. The van der Waals surface area contributed by atoms with Crippen molar-refractivity contribution in [1.29, 1.82) is 0 Å². The summed E-state index contributed by atoms with van der Waals surface area (Å²) < 4.78 is 5.19. The van der Waals surface area contributed by atoms with Gasteiger partial charge in [0.05, 0.1) is 6.61 Å². The van der Waals surface area contributed by atoms with Gasteiger partial charge < -0.3 is 21.0 Å². The monoisotopic (exact) mass is 231 g/mol. The molecule has 0 fully saturated rings. The molecule has 0 aliphatic carbocycles. The Morgan fingerprint density at radius 1 is 1.56 bits per heavy atom. The maximum atomic E-state index is 11.4. The molecule has 0 aromatic rings. The van der Waals surface area contributed by atoms with E-state index in [0.717, 1.165) is 6.42 Å². The number of hydrogen-bond donors (Lipinski definition) is 3. The van der Waals surface area contributed by atoms with Gasteiger partial charge >= 0.3 is 0 Å². The van der Waals surface area contributed by atoms with E-state index in [1.54, 1.807) is 6.92 Å². The molecule has 0 bridgehead atoms. The molecule has 16 heavy (non-hydrogen) atoms. The van der Waals surface area contributed by atoms with Crippen molar-refractivity contribution in [2.75, 3.05) is 13.2 Å². The summed E-state index contributed by atoms with van der Waals surface area (Å²) in [7, 11) is 0. The molecule has 0 aromatic carbocycles. The first-order valence-corrected chi connectivity index (χ1v) is 5.43. The minimum absolute atomic E-state index is 0.0886. The van der Waals surface area contributed by atoms with Crippen LogP contribution in [0.15, 0.2) is 5.16 Å². The van der Waals surface area contributed by atoms with Crippen LogP contribution in [0.4, 0.5) is 0 Å². The second-order valence-electron chi connectivity index (χ2n) is 3.63. The molecular formula is C10H21N3O3. The lowest BCUT2D eigenvalue weighted by atomic mass is 10.2. The van der Waals surface area contributed by atoms with Crippen molar-refractivity contribution in [2.45, 2.75) is 39.2 Å². The standard InChI is InChI=1S/C10H21N3O3/c1-3-5-16-6-4-10(14)12-8(2)7-9(11)13-15/h8,15H,3-7H2,1-2H3,(H2,11,13)(H,12,14). The van der Waals surface area contributed by atoms with Gasteiger partial charge in [-0.15, -0.1) is 0 Å². The molecule has 0 rings (SSSR count). The molecule has 1 unspecified atom stereocenters. The summed E-state index contributed by atoms with van der Waals surface area (Å²) in [5.41, 5.74) is 5.31. The average molecular weight is 231 g/mol. The zero-order valence-electron chi connectivity index (χ0n) is 9.90. The Bertz CT molecular complexity index is 231. The van der Waals surface area contributed by atoms with Gasteiger partial charge in [0.1, 0.15) is 5.84 Å². The molecule has 0 aromatic heterocycles. The maximum absolute atomic E-state index is 11.4. The SMILES string of the molecule is CCCOCCC(=O)NC(C)CC(N)=NO. The van der Waals surface area contributed by atoms with Crippen LogP contribution in [0.3, 0.4) is 0 Å². The molecule has 0 aliphatic heterocycles. The number of nitrogens with one attached hydrogen (secondary N) is 1. The van der Waals surface area contributed by atoms with Crippen LogP contribution < -0.4 is 11.1 Å². The van der Waals surface area contributed by atoms with Crippen molar-refractivity contribution < 1.29 is 14.7 Å². The second kappa shape index (κ2) is 8.96. The van der Waals surface area contributed by atoms with Crippen molar-refractivity contribution in [2.24, 2.45) is 10.9 Å². The third-order valence-corrected chi connectivity index (χ3v) is 1.87. The highest BCUT2D eigenvalue weighted by atomic mass is 16.5. The van der Waals surface area contributed by atoms with Crippen molar-refractivity contribution in [3.63, 3.8) is 0 Å². The Balaban J connectivity index is 3.62. The fourth-order valence-electron chi connectivity index (χ4n) is 1.16. The molecule has 0 saturated carbocycles. The van der Waals surface area contributed by atoms with E-state index in [9.17, 15) is 4.79 Å². The third kappa shape index (κ3) is 8.05. The highest BCUT2D eigenvalue weighted by Gasteiger charge is 2.08. The Hall–Kier alpha value is -1.30. The van der Waals surface area contributed by atoms with E-state index in [-0.39, 0.29) is 17.8 Å². The fraction of sp³-hybridized carbons (Fsp3) is 0.800. The van der Waals surface area contributed by atoms with Gasteiger partial charge in [-0.05, 0) is 13.3 Å². The molecule has 6 heteroatoms. The van der Waals surface area contributed by atoms with Crippen molar-refractivity contribution in [1.82, 2.24) is 5.32 Å². The van der Waals surface area contributed by atoms with Crippen LogP contribution in [-0.4, -0.2) is 36.2 Å². The summed E-state index contributed by atoms with van der Waals surface area (Å²) in [6.45, 7) is 4.91. The summed E-state index contributed by atoms with van der Waals surface area (Å²) >= 11 is 0. The number of carbonyl (C=O) groups excluding carboxylic acids is 1. The minimum atomic E-state index is -0.144. The van der Waals surface area contributed by atoms with Crippen LogP contribution in [0.1, 0.15) is 33.1 Å². The number of nitrogens with two attached hydrogens (primary N) is 1. The lowest BCUT2D eigenvalue weighted by molar-refractivity contribution is -0.122. The van der Waals surface area contributed by atoms with E-state index < -0.39 is 0 Å². The van der Waals surface area contributed by atoms with Gasteiger partial charge in [0.15, 0.2) is 0 Å². The quantitative estimate of drug-likeness (QED) is 0.186. The topological polar surface area (TPSA) is 96.9 Å². The molecule has 0 saturated heterocycles. The first-order chi connectivity index (χ1) is 7.60. The summed E-state index contributed by atoms with van der Waals surface area (Å²) in [6.07, 6.45) is 1.61. The number of amides is 1. The van der Waals surface area contributed by atoms with Gasteiger partial charge in [-0.2, -0.15) is 0 Å². The van der Waals surface area contributed by atoms with Gasteiger partial charge in [0.2, 0.25) is 5.91 Å². The predicted molar refractivity (Wildman–Crippen MR) is 61.4 cm³/mol. The Kier molecular flexibility index (Phi) is 8.24. The Labute approximate surface area is 95.8 Å². The lowest BCUT2D eigenvalue weighted by Gasteiger charge is -2.12. The van der Waals surface area contributed by atoms with Gasteiger partial charge in [0.25, 0.3) is 0 Å². The highest BCUT2D eigenvalue weighted by molar-refractivity contribution is 5.81. The lowest BCUT2D eigenvalue weighted by Crippen LogP contribution is -2.36. The maximum Gasteiger partial charge on any atom is 0.222 e. The summed E-state index contributed by atoms with van der Waals surface area (Å²) in [6, 6.07) is -0.144. The number of oxime groups is 1. The van der Waals surface area contributed by atoms with Crippen molar-refractivity contribution >= 4 is 11.7 Å². The summed E-state index contributed by atoms with van der Waals surface area (Å²) in [5, 5.41) is 13.9. The van der Waals surface area contributed by atoms with Gasteiger partial charge in [-0.1, -0.05) is 12.1 Å². The summed E-state index contributed by atoms with van der Waals surface area (Å²) in [4.78, 5) is 11.4. The van der Waals surface area contributed by atoms with Gasteiger partial charge in [0, 0.05) is 25.5 Å². The molecular weight excluding hydrogens is 210 g/mol. The highest BCUT2D eigenvalue weighted by Crippen LogP contribution is 1.93. The molecule has 0 heterocycles. The molecule has 0 radical (unpaired) electrons. The number of hydrogen-bond acceptors (Lipinski definition) is 4. The first kappa shape index (κ1) is 14.7. The smallest absolute Gasteiger partial charge is 0.222 e. The second-order valence-corrected chi connectivity index (χ2v) is 3.63. The van der Waals surface area contributed by atoms with Crippen LogP contribution in [0.2, 0.25) is 0 Å². The number of carbonyl (C=O) groups is 1. The molecule has 6 nitrogen and oxygen atoms in total. The third-order valence-electron chi connectivity index (χ3n) is 1.87. The number of nitrogens with zero attached hydrogens (tertiary/aromatic N) is 1. The van der Waals surface area contributed by atoms with Crippen molar-refractivity contribution in [3.8, 4) is 0 Å². The summed E-state index contributed by atoms with van der Waals surface area (Å²) in [5.74, 6) is 0.0179. The first-order valence-electron chi connectivity index (χ1n) is 5.43. The van der Waals surface area contributed by atoms with Crippen LogP contribution in [-0.2, 0) is 9.53 Å². The van der Waals surface area contributed by atoms with E-state index in [0.29, 0.717) is 26.1 Å². The number of amidine groups is 1. The Morgan fingerprint density at radius 3 is 2.81 bits per heavy atom. The van der Waals surface area contributed by atoms with Crippen molar-refractivity contribution in [3.05, 3.63) is 0 Å². The van der Waals surface area contributed by atoms with Crippen LogP contribution in [0, 0.1) is 0 Å². The predicted octanol–water partition coefficient (Wildman–Crippen LogP) is 0.444. The zero-order valence-corrected chi connectivity index (χ0v) is 9.90. The molecule has 0 spiro atoms. The zero-order chi connectivity index (χ0) is 12.4. The fourth-order valence-corrected chi connectivity index (χ4v) is 1.16. The van der Waals surface area contributed by atoms with E-state index in [4.69, 9.17) is 15.7 Å². The van der Waals surface area contributed by atoms with Crippen LogP contribution in [0.5, 0.6) is 0 Å². The average Bonchev–Trinajstić information content (AvgIpc) is 2.24. The van der Waals surface area contributed by atoms with Crippen LogP contribution in [0.25, 0.3) is 0 Å². The minimum Gasteiger partial charge on any atom is -0.409 e. The number of rotatable bonds is 8. The number of ether oxygens (including phenoxy) is 1. The largest absolute Gasteiger partial charge is 0.409 e. The van der Waals surface area contributed by atoms with E-state index >= 15 is 0 Å². The van der Waals surface area contributed by atoms with Crippen LogP contribution >= 0.6 is 0 Å². The van der Waals surface area contributed by atoms with Gasteiger partial charge in [-0.3, -0.25) is 4.79 Å². The normalized spacial score (nSPS) is 13.5. The van der Waals surface area contributed by atoms with E-state index in [2.05, 4.69) is 10.5 Å². The molecule has 94 valence electrons. The van der Waals surface area contributed by atoms with E-state index in [1.807, 2.05) is 6.92 Å². The molecule has 1 atom stereocenters. The molecule has 4 N–H and O–H groups in total. The Morgan fingerprint density at radius 2 is 2.25 bits per heavy atom.